The number of hydrogen-bond donors (Lipinski definition) is 3. The third kappa shape index (κ3) is 2.98. The number of carbonyl (C=O) groups excluding carboxylic acids is 1. The molecule has 1 amide bonds. The number of rotatable bonds is 3. The fraction of sp³-hybridized carbons (Fsp3) is 0.500. The lowest BCUT2D eigenvalue weighted by molar-refractivity contribution is -0.124. The molecule has 7 heteroatoms. The smallest absolute Gasteiger partial charge is 0.356 e. The largest absolute Gasteiger partial charge is 0.476 e. The summed E-state index contributed by atoms with van der Waals surface area (Å²) in [5.41, 5.74) is -0.482. The SMILES string of the molecule is CC1(C)NC(=O)CCC1Nc1cnc(C(=O)O)cn1. The summed E-state index contributed by atoms with van der Waals surface area (Å²) < 4.78 is 0. The maximum atomic E-state index is 11.4. The van der Waals surface area contributed by atoms with Gasteiger partial charge in [-0.3, -0.25) is 4.79 Å². The van der Waals surface area contributed by atoms with Gasteiger partial charge in [-0.05, 0) is 20.3 Å². The highest BCUT2D eigenvalue weighted by molar-refractivity contribution is 5.84. The number of carbonyl (C=O) groups is 2. The highest BCUT2D eigenvalue weighted by atomic mass is 16.4. The summed E-state index contributed by atoms with van der Waals surface area (Å²) in [6, 6.07) is 0.0233. The highest BCUT2D eigenvalue weighted by Crippen LogP contribution is 2.22. The Morgan fingerprint density at radius 1 is 1.47 bits per heavy atom. The van der Waals surface area contributed by atoms with Gasteiger partial charge in [-0.25, -0.2) is 14.8 Å². The fourth-order valence-corrected chi connectivity index (χ4v) is 2.09. The average Bonchev–Trinajstić information content (AvgIpc) is 2.33. The predicted molar refractivity (Wildman–Crippen MR) is 67.9 cm³/mol. The summed E-state index contributed by atoms with van der Waals surface area (Å²) in [6.07, 6.45) is 3.75. The van der Waals surface area contributed by atoms with Gasteiger partial charge in [-0.15, -0.1) is 0 Å². The van der Waals surface area contributed by atoms with Crippen LogP contribution in [0, 0.1) is 0 Å². The van der Waals surface area contributed by atoms with E-state index >= 15 is 0 Å². The van der Waals surface area contributed by atoms with E-state index in [1.54, 1.807) is 0 Å². The molecule has 0 bridgehead atoms. The molecule has 0 aromatic carbocycles. The molecule has 1 aromatic heterocycles. The van der Waals surface area contributed by atoms with Crippen molar-refractivity contribution in [2.45, 2.75) is 38.3 Å². The maximum absolute atomic E-state index is 11.4. The molecular formula is C12H16N4O3. The van der Waals surface area contributed by atoms with Crippen molar-refractivity contribution in [3.8, 4) is 0 Å². The summed E-state index contributed by atoms with van der Waals surface area (Å²) in [6.45, 7) is 3.86. The van der Waals surface area contributed by atoms with E-state index in [2.05, 4.69) is 20.6 Å². The Hall–Kier alpha value is -2.18. The van der Waals surface area contributed by atoms with Crippen LogP contribution in [0.4, 0.5) is 5.82 Å². The maximum Gasteiger partial charge on any atom is 0.356 e. The van der Waals surface area contributed by atoms with Gasteiger partial charge in [0.2, 0.25) is 5.91 Å². The Balaban J connectivity index is 2.08. The first kappa shape index (κ1) is 13.3. The first-order valence-electron chi connectivity index (χ1n) is 6.01. The molecule has 1 aliphatic rings. The molecule has 0 spiro atoms. The van der Waals surface area contributed by atoms with Gasteiger partial charge >= 0.3 is 5.97 Å². The lowest BCUT2D eigenvalue weighted by Crippen LogP contribution is -2.58. The van der Waals surface area contributed by atoms with Gasteiger partial charge in [-0.1, -0.05) is 0 Å². The number of anilines is 1. The molecular weight excluding hydrogens is 248 g/mol. The van der Waals surface area contributed by atoms with E-state index in [0.717, 1.165) is 0 Å². The van der Waals surface area contributed by atoms with Crippen molar-refractivity contribution in [1.82, 2.24) is 15.3 Å². The molecule has 2 heterocycles. The molecule has 102 valence electrons. The Labute approximate surface area is 110 Å². The topological polar surface area (TPSA) is 104 Å². The van der Waals surface area contributed by atoms with Crippen molar-refractivity contribution in [3.63, 3.8) is 0 Å². The molecule has 19 heavy (non-hydrogen) atoms. The van der Waals surface area contributed by atoms with E-state index in [0.29, 0.717) is 18.7 Å². The van der Waals surface area contributed by atoms with Crippen molar-refractivity contribution >= 4 is 17.7 Å². The van der Waals surface area contributed by atoms with Crippen molar-refractivity contribution in [2.75, 3.05) is 5.32 Å². The number of nitrogens with one attached hydrogen (secondary N) is 2. The molecule has 1 atom stereocenters. The van der Waals surface area contributed by atoms with E-state index in [4.69, 9.17) is 5.11 Å². The van der Waals surface area contributed by atoms with Crippen LogP contribution >= 0.6 is 0 Å². The number of piperidine rings is 1. The number of aromatic nitrogens is 2. The zero-order valence-corrected chi connectivity index (χ0v) is 10.8. The second-order valence-electron chi connectivity index (χ2n) is 5.10. The number of aromatic carboxylic acids is 1. The van der Waals surface area contributed by atoms with Crippen LogP contribution in [0.3, 0.4) is 0 Å². The van der Waals surface area contributed by atoms with E-state index < -0.39 is 5.97 Å². The highest BCUT2D eigenvalue weighted by Gasteiger charge is 2.35. The van der Waals surface area contributed by atoms with Crippen LogP contribution < -0.4 is 10.6 Å². The summed E-state index contributed by atoms with van der Waals surface area (Å²) >= 11 is 0. The third-order valence-electron chi connectivity index (χ3n) is 3.19. The van der Waals surface area contributed by atoms with Crippen LogP contribution in [0.25, 0.3) is 0 Å². The molecule has 2 rings (SSSR count). The first-order chi connectivity index (χ1) is 8.88. The van der Waals surface area contributed by atoms with Crippen LogP contribution in [0.1, 0.15) is 37.2 Å². The Kier molecular flexibility index (Phi) is 3.37. The van der Waals surface area contributed by atoms with E-state index in [1.807, 2.05) is 13.8 Å². The number of nitrogens with zero attached hydrogens (tertiary/aromatic N) is 2. The van der Waals surface area contributed by atoms with Crippen molar-refractivity contribution in [1.29, 1.82) is 0 Å². The monoisotopic (exact) mass is 264 g/mol. The molecule has 0 aliphatic carbocycles. The van der Waals surface area contributed by atoms with Crippen LogP contribution in [0.2, 0.25) is 0 Å². The second-order valence-corrected chi connectivity index (χ2v) is 5.10. The zero-order valence-electron chi connectivity index (χ0n) is 10.8. The number of carboxylic acid groups (broad SMARTS) is 1. The quantitative estimate of drug-likeness (QED) is 0.740. The molecule has 3 N–H and O–H groups in total. The summed E-state index contributed by atoms with van der Waals surface area (Å²) in [5, 5.41) is 14.8. The molecule has 0 radical (unpaired) electrons. The van der Waals surface area contributed by atoms with Gasteiger partial charge in [0.25, 0.3) is 0 Å². The minimum atomic E-state index is -1.11. The Morgan fingerprint density at radius 3 is 2.74 bits per heavy atom. The minimum Gasteiger partial charge on any atom is -0.476 e. The molecule has 1 fully saturated rings. The van der Waals surface area contributed by atoms with Crippen LogP contribution in [0.15, 0.2) is 12.4 Å². The van der Waals surface area contributed by atoms with Crippen molar-refractivity contribution in [3.05, 3.63) is 18.1 Å². The average molecular weight is 264 g/mol. The van der Waals surface area contributed by atoms with Gasteiger partial charge in [-0.2, -0.15) is 0 Å². The lowest BCUT2D eigenvalue weighted by Gasteiger charge is -2.39. The zero-order chi connectivity index (χ0) is 14.0. The molecule has 1 saturated heterocycles. The number of amides is 1. The third-order valence-corrected chi connectivity index (χ3v) is 3.19. The Bertz CT molecular complexity index is 498. The lowest BCUT2D eigenvalue weighted by atomic mass is 9.87. The predicted octanol–water partition coefficient (Wildman–Crippen LogP) is 0.644. The van der Waals surface area contributed by atoms with Crippen LogP contribution in [0.5, 0.6) is 0 Å². The van der Waals surface area contributed by atoms with Gasteiger partial charge < -0.3 is 15.7 Å². The first-order valence-corrected chi connectivity index (χ1v) is 6.01. The normalized spacial score (nSPS) is 21.6. The van der Waals surface area contributed by atoms with Crippen LogP contribution in [-0.4, -0.2) is 38.5 Å². The van der Waals surface area contributed by atoms with Gasteiger partial charge in [0.1, 0.15) is 5.82 Å². The second kappa shape index (κ2) is 4.83. The minimum absolute atomic E-state index is 0.0233. The van der Waals surface area contributed by atoms with Gasteiger partial charge in [0.05, 0.1) is 24.0 Å². The van der Waals surface area contributed by atoms with Gasteiger partial charge in [0.15, 0.2) is 5.69 Å². The molecule has 0 saturated carbocycles. The number of hydrogen-bond acceptors (Lipinski definition) is 5. The van der Waals surface area contributed by atoms with E-state index in [-0.39, 0.29) is 23.2 Å². The summed E-state index contributed by atoms with van der Waals surface area (Å²) in [7, 11) is 0. The summed E-state index contributed by atoms with van der Waals surface area (Å²) in [5.74, 6) is -0.570. The van der Waals surface area contributed by atoms with Gasteiger partial charge in [0, 0.05) is 6.42 Å². The Morgan fingerprint density at radius 2 is 2.21 bits per heavy atom. The summed E-state index contributed by atoms with van der Waals surface area (Å²) in [4.78, 5) is 29.8. The standard InChI is InChI=1S/C12H16N4O3/c1-12(2)8(3-4-10(17)16-12)15-9-6-13-7(5-14-9)11(18)19/h5-6,8H,3-4H2,1-2H3,(H,14,15)(H,16,17)(H,18,19). The number of carboxylic acids is 1. The molecule has 1 aliphatic heterocycles. The van der Waals surface area contributed by atoms with Crippen LogP contribution in [-0.2, 0) is 4.79 Å². The molecule has 1 unspecified atom stereocenters. The van der Waals surface area contributed by atoms with E-state index in [1.165, 1.54) is 12.4 Å². The van der Waals surface area contributed by atoms with Crippen molar-refractivity contribution < 1.29 is 14.7 Å². The fourth-order valence-electron chi connectivity index (χ4n) is 2.09. The molecule has 7 nitrogen and oxygen atoms in total. The molecule has 1 aromatic rings. The van der Waals surface area contributed by atoms with E-state index in [9.17, 15) is 9.59 Å². The van der Waals surface area contributed by atoms with Crippen molar-refractivity contribution in [2.24, 2.45) is 0 Å².